The maximum absolute atomic E-state index is 11.7. The zero-order valence-electron chi connectivity index (χ0n) is 10.4. The Bertz CT molecular complexity index is 734. The quantitative estimate of drug-likeness (QED) is 0.617. The molecule has 0 radical (unpaired) electrons. The fourth-order valence-electron chi connectivity index (χ4n) is 2.20. The van der Waals surface area contributed by atoms with Crippen LogP contribution in [0.1, 0.15) is 12.5 Å². The molecule has 4 heteroatoms. The Balaban J connectivity index is 2.11. The highest BCUT2D eigenvalue weighted by atomic mass is 32.1. The highest BCUT2D eigenvalue weighted by molar-refractivity contribution is 7.80. The van der Waals surface area contributed by atoms with Crippen LogP contribution in [0, 0.1) is 0 Å². The molecule has 1 saturated heterocycles. The first kappa shape index (κ1) is 11.9. The van der Waals surface area contributed by atoms with Gasteiger partial charge in [0.15, 0.2) is 5.11 Å². The summed E-state index contributed by atoms with van der Waals surface area (Å²) in [5, 5.41) is 8.18. The molecule has 2 aromatic carbocycles. The summed E-state index contributed by atoms with van der Waals surface area (Å²) in [5.74, 6) is -0.171. The first-order valence-corrected chi connectivity index (χ1v) is 6.38. The largest absolute Gasteiger partial charge is 0.328 e. The van der Waals surface area contributed by atoms with E-state index in [9.17, 15) is 4.79 Å². The fraction of sp³-hybridized carbons (Fsp3) is 0.0667. The number of hydrogen-bond acceptors (Lipinski definition) is 2. The molecule has 0 aliphatic carbocycles. The third kappa shape index (κ3) is 2.11. The molecule has 0 bridgehead atoms. The van der Waals surface area contributed by atoms with Gasteiger partial charge in [-0.25, -0.2) is 0 Å². The maximum atomic E-state index is 11.7. The molecule has 0 aromatic heterocycles. The second kappa shape index (κ2) is 4.48. The highest BCUT2D eigenvalue weighted by Crippen LogP contribution is 2.23. The third-order valence-corrected chi connectivity index (χ3v) is 3.45. The number of hydrogen-bond donors (Lipinski definition) is 2. The number of nitrogens with one attached hydrogen (secondary N) is 2. The van der Waals surface area contributed by atoms with Crippen molar-refractivity contribution in [3.8, 4) is 0 Å². The van der Waals surface area contributed by atoms with Crippen molar-refractivity contribution in [3.05, 3.63) is 53.7 Å². The van der Waals surface area contributed by atoms with E-state index < -0.39 is 0 Å². The summed E-state index contributed by atoms with van der Waals surface area (Å²) in [4.78, 5) is 11.7. The van der Waals surface area contributed by atoms with Crippen LogP contribution in [0.25, 0.3) is 16.3 Å². The van der Waals surface area contributed by atoms with Crippen molar-refractivity contribution in [2.24, 2.45) is 0 Å². The number of fused-ring (bicyclic) bond motifs is 1. The fourth-order valence-corrected chi connectivity index (χ4v) is 2.39. The zero-order valence-corrected chi connectivity index (χ0v) is 11.2. The summed E-state index contributed by atoms with van der Waals surface area (Å²) >= 11 is 4.94. The third-order valence-electron chi connectivity index (χ3n) is 3.25. The van der Waals surface area contributed by atoms with Crippen molar-refractivity contribution < 1.29 is 4.79 Å². The molecule has 3 rings (SSSR count). The van der Waals surface area contributed by atoms with E-state index in [1.54, 1.807) is 0 Å². The molecular weight excluding hydrogens is 256 g/mol. The Morgan fingerprint density at radius 2 is 1.79 bits per heavy atom. The van der Waals surface area contributed by atoms with Crippen LogP contribution in [-0.4, -0.2) is 11.0 Å². The van der Waals surface area contributed by atoms with Gasteiger partial charge < -0.3 is 5.32 Å². The molecular formula is C15H12N2OS. The number of thiocarbonyl (C=S) groups is 1. The van der Waals surface area contributed by atoms with Crippen LogP contribution < -0.4 is 10.6 Å². The van der Waals surface area contributed by atoms with Gasteiger partial charge in [-0.1, -0.05) is 36.4 Å². The molecule has 2 N–H and O–H groups in total. The van der Waals surface area contributed by atoms with Gasteiger partial charge in [-0.3, -0.25) is 10.1 Å². The van der Waals surface area contributed by atoms with E-state index in [2.05, 4.69) is 34.9 Å². The van der Waals surface area contributed by atoms with Gasteiger partial charge in [0, 0.05) is 0 Å². The van der Waals surface area contributed by atoms with E-state index in [1.807, 2.05) is 25.1 Å². The Hall–Kier alpha value is -2.20. The molecule has 1 aliphatic heterocycles. The number of rotatable bonds is 1. The van der Waals surface area contributed by atoms with Gasteiger partial charge in [0.05, 0.1) is 0 Å². The molecule has 2 aromatic rings. The summed E-state index contributed by atoms with van der Waals surface area (Å²) in [5.41, 5.74) is 2.43. The van der Waals surface area contributed by atoms with Crippen LogP contribution in [0.4, 0.5) is 0 Å². The second-order valence-electron chi connectivity index (χ2n) is 4.47. The summed E-state index contributed by atoms with van der Waals surface area (Å²) in [7, 11) is 0. The minimum Gasteiger partial charge on any atom is -0.328 e. The lowest BCUT2D eigenvalue weighted by molar-refractivity contribution is -0.115. The van der Waals surface area contributed by atoms with Crippen LogP contribution in [-0.2, 0) is 4.79 Å². The van der Waals surface area contributed by atoms with Gasteiger partial charge in [0.2, 0.25) is 0 Å². The normalized spacial score (nSPS) is 17.3. The number of allylic oxidation sites excluding steroid dienone is 1. The van der Waals surface area contributed by atoms with Gasteiger partial charge in [-0.2, -0.15) is 0 Å². The second-order valence-corrected chi connectivity index (χ2v) is 4.88. The predicted octanol–water partition coefficient (Wildman–Crippen LogP) is 2.58. The van der Waals surface area contributed by atoms with Crippen molar-refractivity contribution in [2.45, 2.75) is 6.92 Å². The molecule has 1 fully saturated rings. The zero-order chi connectivity index (χ0) is 13.4. The number of amides is 1. The molecule has 1 amide bonds. The van der Waals surface area contributed by atoms with Gasteiger partial charge in [0.1, 0.15) is 5.70 Å². The number of carbonyl (C=O) groups excluding carboxylic acids is 1. The Labute approximate surface area is 116 Å². The molecule has 0 saturated carbocycles. The summed E-state index contributed by atoms with van der Waals surface area (Å²) in [6.07, 6.45) is 0. The lowest BCUT2D eigenvalue weighted by Crippen LogP contribution is -2.21. The van der Waals surface area contributed by atoms with Crippen molar-refractivity contribution in [1.82, 2.24) is 10.6 Å². The van der Waals surface area contributed by atoms with Crippen LogP contribution in [0.2, 0.25) is 0 Å². The molecule has 1 aliphatic rings. The van der Waals surface area contributed by atoms with Gasteiger partial charge in [0.25, 0.3) is 5.91 Å². The molecule has 0 spiro atoms. The summed E-state index contributed by atoms with van der Waals surface area (Å²) in [6, 6.07) is 14.3. The minimum absolute atomic E-state index is 0.171. The van der Waals surface area contributed by atoms with E-state index >= 15 is 0 Å². The van der Waals surface area contributed by atoms with E-state index in [0.29, 0.717) is 10.8 Å². The topological polar surface area (TPSA) is 41.1 Å². The predicted molar refractivity (Wildman–Crippen MR) is 80.4 cm³/mol. The molecule has 0 atom stereocenters. The average molecular weight is 268 g/mol. The number of carbonyl (C=O) groups is 1. The standard InChI is InChI=1S/C15H12N2OS/c1-9(13-14(18)17-15(19)16-13)11-7-6-10-4-2-3-5-12(10)8-11/h2-8H,1H3,(H2,16,17,18,19)/b13-9-. The van der Waals surface area contributed by atoms with Crippen molar-refractivity contribution in [2.75, 3.05) is 0 Å². The van der Waals surface area contributed by atoms with Crippen molar-refractivity contribution in [1.29, 1.82) is 0 Å². The Morgan fingerprint density at radius 1 is 1.05 bits per heavy atom. The number of benzene rings is 2. The Morgan fingerprint density at radius 3 is 2.47 bits per heavy atom. The SMILES string of the molecule is C/C(=C1/NC(=S)NC1=O)c1ccc2ccccc2c1. The van der Waals surface area contributed by atoms with E-state index in [0.717, 1.165) is 16.5 Å². The van der Waals surface area contributed by atoms with E-state index in [-0.39, 0.29) is 5.91 Å². The lowest BCUT2D eigenvalue weighted by Gasteiger charge is -2.06. The molecule has 1 heterocycles. The van der Waals surface area contributed by atoms with Crippen LogP contribution in [0.3, 0.4) is 0 Å². The van der Waals surface area contributed by atoms with Gasteiger partial charge >= 0.3 is 0 Å². The van der Waals surface area contributed by atoms with E-state index in [1.165, 1.54) is 5.39 Å². The smallest absolute Gasteiger partial charge is 0.274 e. The molecule has 0 unspecified atom stereocenters. The maximum Gasteiger partial charge on any atom is 0.274 e. The van der Waals surface area contributed by atoms with Crippen LogP contribution in [0.5, 0.6) is 0 Å². The molecule has 94 valence electrons. The van der Waals surface area contributed by atoms with E-state index in [4.69, 9.17) is 12.2 Å². The first-order chi connectivity index (χ1) is 9.15. The van der Waals surface area contributed by atoms with Crippen LogP contribution >= 0.6 is 12.2 Å². The lowest BCUT2D eigenvalue weighted by atomic mass is 10.0. The molecule has 3 nitrogen and oxygen atoms in total. The van der Waals surface area contributed by atoms with Gasteiger partial charge in [-0.15, -0.1) is 0 Å². The summed E-state index contributed by atoms with van der Waals surface area (Å²) < 4.78 is 0. The average Bonchev–Trinajstić information content (AvgIpc) is 2.76. The highest BCUT2D eigenvalue weighted by Gasteiger charge is 2.22. The monoisotopic (exact) mass is 268 g/mol. The first-order valence-electron chi connectivity index (χ1n) is 5.97. The molecule has 19 heavy (non-hydrogen) atoms. The van der Waals surface area contributed by atoms with Crippen molar-refractivity contribution >= 4 is 39.6 Å². The minimum atomic E-state index is -0.171. The van der Waals surface area contributed by atoms with Crippen molar-refractivity contribution in [3.63, 3.8) is 0 Å². The van der Waals surface area contributed by atoms with Gasteiger partial charge in [-0.05, 0) is 47.1 Å². The summed E-state index contributed by atoms with van der Waals surface area (Å²) in [6.45, 7) is 1.92. The Kier molecular flexibility index (Phi) is 2.80. The van der Waals surface area contributed by atoms with Crippen LogP contribution in [0.15, 0.2) is 48.2 Å².